The minimum absolute atomic E-state index is 0.237. The number of hydrogen-bond donors (Lipinski definition) is 1. The highest BCUT2D eigenvalue weighted by atomic mass is 32.2. The molecule has 0 aliphatic carbocycles. The number of imidazole rings is 1. The van der Waals surface area contributed by atoms with Gasteiger partial charge in [0.25, 0.3) is 0 Å². The Labute approximate surface area is 121 Å². The van der Waals surface area contributed by atoms with Crippen molar-refractivity contribution in [1.82, 2.24) is 9.97 Å². The third kappa shape index (κ3) is 2.54. The molecular weight excluding hydrogens is 291 g/mol. The monoisotopic (exact) mass is 304 g/mol. The third-order valence-electron chi connectivity index (χ3n) is 3.33. The Kier molecular flexibility index (Phi) is 3.06. The maximum atomic E-state index is 13.2. The van der Waals surface area contributed by atoms with E-state index in [0.29, 0.717) is 16.9 Å². The number of aromatic nitrogens is 2. The second-order valence-electron chi connectivity index (χ2n) is 5.00. The first-order chi connectivity index (χ1) is 9.84. The molecule has 0 atom stereocenters. The van der Waals surface area contributed by atoms with E-state index in [2.05, 4.69) is 9.97 Å². The highest BCUT2D eigenvalue weighted by molar-refractivity contribution is 7.90. The SMILES string of the molecule is Cc1cc(F)ccc1-c1nc2ccc(S(C)(=O)=O)cc2[nH]1. The fraction of sp³-hybridized carbons (Fsp3) is 0.133. The van der Waals surface area contributed by atoms with Gasteiger partial charge in [-0.1, -0.05) is 0 Å². The van der Waals surface area contributed by atoms with Gasteiger partial charge in [-0.2, -0.15) is 0 Å². The van der Waals surface area contributed by atoms with Crippen LogP contribution in [0.5, 0.6) is 0 Å². The molecule has 3 rings (SSSR count). The number of nitrogens with zero attached hydrogens (tertiary/aromatic N) is 1. The van der Waals surface area contributed by atoms with Crippen molar-refractivity contribution >= 4 is 20.9 Å². The van der Waals surface area contributed by atoms with Crippen molar-refractivity contribution in [2.45, 2.75) is 11.8 Å². The molecule has 1 heterocycles. The molecule has 1 N–H and O–H groups in total. The molecule has 21 heavy (non-hydrogen) atoms. The van der Waals surface area contributed by atoms with Crippen LogP contribution in [0.25, 0.3) is 22.4 Å². The van der Waals surface area contributed by atoms with Gasteiger partial charge in [0.15, 0.2) is 9.84 Å². The van der Waals surface area contributed by atoms with E-state index in [4.69, 9.17) is 0 Å². The van der Waals surface area contributed by atoms with Crippen molar-refractivity contribution in [2.24, 2.45) is 0 Å². The fourth-order valence-electron chi connectivity index (χ4n) is 2.24. The predicted molar refractivity (Wildman–Crippen MR) is 79.3 cm³/mol. The van der Waals surface area contributed by atoms with Crippen LogP contribution in [-0.2, 0) is 9.84 Å². The van der Waals surface area contributed by atoms with Gasteiger partial charge in [-0.05, 0) is 48.9 Å². The summed E-state index contributed by atoms with van der Waals surface area (Å²) in [6.45, 7) is 1.80. The Morgan fingerprint density at radius 3 is 2.57 bits per heavy atom. The Bertz CT molecular complexity index is 945. The molecule has 0 bridgehead atoms. The summed E-state index contributed by atoms with van der Waals surface area (Å²) in [5.74, 6) is 0.292. The molecule has 0 radical (unpaired) electrons. The normalized spacial score (nSPS) is 12.0. The second-order valence-corrected chi connectivity index (χ2v) is 7.01. The van der Waals surface area contributed by atoms with E-state index in [1.807, 2.05) is 0 Å². The van der Waals surface area contributed by atoms with Crippen LogP contribution in [0.4, 0.5) is 4.39 Å². The quantitative estimate of drug-likeness (QED) is 0.791. The number of benzene rings is 2. The minimum Gasteiger partial charge on any atom is -0.338 e. The third-order valence-corrected chi connectivity index (χ3v) is 4.44. The number of nitrogens with one attached hydrogen (secondary N) is 1. The summed E-state index contributed by atoms with van der Waals surface area (Å²) < 4.78 is 36.3. The van der Waals surface area contributed by atoms with Crippen molar-refractivity contribution in [3.8, 4) is 11.4 Å². The van der Waals surface area contributed by atoms with E-state index in [1.54, 1.807) is 25.1 Å². The first-order valence-electron chi connectivity index (χ1n) is 6.31. The van der Waals surface area contributed by atoms with Crippen LogP contribution in [-0.4, -0.2) is 24.6 Å². The standard InChI is InChI=1S/C15H13FN2O2S/c1-9-7-10(16)3-5-12(9)15-17-13-6-4-11(21(2,19)20)8-14(13)18-15/h3-8H,1-2H3,(H,17,18). The van der Waals surface area contributed by atoms with Gasteiger partial charge >= 0.3 is 0 Å². The molecule has 3 aromatic rings. The molecule has 4 nitrogen and oxygen atoms in total. The number of aryl methyl sites for hydroxylation is 1. The summed E-state index contributed by atoms with van der Waals surface area (Å²) in [4.78, 5) is 7.75. The van der Waals surface area contributed by atoms with Crippen molar-refractivity contribution in [3.63, 3.8) is 0 Å². The summed E-state index contributed by atoms with van der Waals surface area (Å²) in [5, 5.41) is 0. The first-order valence-corrected chi connectivity index (χ1v) is 8.20. The second kappa shape index (κ2) is 4.66. The summed E-state index contributed by atoms with van der Waals surface area (Å²) in [6, 6.07) is 9.20. The van der Waals surface area contributed by atoms with Gasteiger partial charge < -0.3 is 4.98 Å². The Morgan fingerprint density at radius 1 is 1.14 bits per heavy atom. The molecule has 108 valence electrons. The van der Waals surface area contributed by atoms with Crippen LogP contribution in [0.3, 0.4) is 0 Å². The van der Waals surface area contributed by atoms with Gasteiger partial charge in [0.2, 0.25) is 0 Å². The zero-order valence-corrected chi connectivity index (χ0v) is 12.3. The van der Waals surface area contributed by atoms with Crippen molar-refractivity contribution in [1.29, 1.82) is 0 Å². The summed E-state index contributed by atoms with van der Waals surface area (Å²) in [7, 11) is -3.26. The van der Waals surface area contributed by atoms with E-state index >= 15 is 0 Å². The summed E-state index contributed by atoms with van der Waals surface area (Å²) in [5.41, 5.74) is 2.85. The van der Waals surface area contributed by atoms with Gasteiger partial charge in [-0.3, -0.25) is 0 Å². The number of fused-ring (bicyclic) bond motifs is 1. The topological polar surface area (TPSA) is 62.8 Å². The summed E-state index contributed by atoms with van der Waals surface area (Å²) in [6.07, 6.45) is 1.16. The number of hydrogen-bond acceptors (Lipinski definition) is 3. The van der Waals surface area contributed by atoms with Gasteiger partial charge in [0.1, 0.15) is 11.6 Å². The Morgan fingerprint density at radius 2 is 1.90 bits per heavy atom. The molecular formula is C15H13FN2O2S. The van der Waals surface area contributed by atoms with E-state index in [0.717, 1.165) is 17.4 Å². The van der Waals surface area contributed by atoms with E-state index in [1.165, 1.54) is 18.2 Å². The molecule has 0 aliphatic heterocycles. The van der Waals surface area contributed by atoms with Gasteiger partial charge in [0.05, 0.1) is 15.9 Å². The highest BCUT2D eigenvalue weighted by Gasteiger charge is 2.12. The van der Waals surface area contributed by atoms with Crippen LogP contribution >= 0.6 is 0 Å². The molecule has 0 fully saturated rings. The molecule has 1 aromatic heterocycles. The lowest BCUT2D eigenvalue weighted by molar-refractivity contribution is 0.602. The maximum absolute atomic E-state index is 13.2. The van der Waals surface area contributed by atoms with E-state index < -0.39 is 9.84 Å². The average molecular weight is 304 g/mol. The van der Waals surface area contributed by atoms with Crippen molar-refractivity contribution in [2.75, 3.05) is 6.26 Å². The summed E-state index contributed by atoms with van der Waals surface area (Å²) >= 11 is 0. The molecule has 0 spiro atoms. The lowest BCUT2D eigenvalue weighted by atomic mass is 10.1. The smallest absolute Gasteiger partial charge is 0.175 e. The van der Waals surface area contributed by atoms with Crippen LogP contribution in [0.15, 0.2) is 41.3 Å². The number of sulfone groups is 1. The number of halogens is 1. The molecule has 0 saturated heterocycles. The number of aromatic amines is 1. The Hall–Kier alpha value is -2.21. The van der Waals surface area contributed by atoms with Gasteiger partial charge in [-0.15, -0.1) is 0 Å². The lowest BCUT2D eigenvalue weighted by Crippen LogP contribution is -1.96. The molecule has 2 aromatic carbocycles. The van der Waals surface area contributed by atoms with Crippen LogP contribution in [0, 0.1) is 12.7 Å². The molecule has 0 saturated carbocycles. The largest absolute Gasteiger partial charge is 0.338 e. The molecule has 0 aliphatic rings. The maximum Gasteiger partial charge on any atom is 0.175 e. The van der Waals surface area contributed by atoms with E-state index in [-0.39, 0.29) is 10.7 Å². The van der Waals surface area contributed by atoms with Gasteiger partial charge in [0, 0.05) is 11.8 Å². The predicted octanol–water partition coefficient (Wildman–Crippen LogP) is 3.08. The molecule has 0 amide bonds. The first kappa shape index (κ1) is 13.8. The number of H-pyrrole nitrogens is 1. The molecule has 6 heteroatoms. The Balaban J connectivity index is 2.17. The zero-order valence-electron chi connectivity index (χ0n) is 11.5. The molecule has 0 unspecified atom stereocenters. The van der Waals surface area contributed by atoms with E-state index in [9.17, 15) is 12.8 Å². The van der Waals surface area contributed by atoms with Crippen LogP contribution in [0.1, 0.15) is 5.56 Å². The van der Waals surface area contributed by atoms with Gasteiger partial charge in [-0.25, -0.2) is 17.8 Å². The highest BCUT2D eigenvalue weighted by Crippen LogP contribution is 2.25. The zero-order chi connectivity index (χ0) is 15.2. The lowest BCUT2D eigenvalue weighted by Gasteiger charge is -2.01. The van der Waals surface area contributed by atoms with Crippen LogP contribution < -0.4 is 0 Å². The number of rotatable bonds is 2. The van der Waals surface area contributed by atoms with Crippen molar-refractivity contribution in [3.05, 3.63) is 47.8 Å². The minimum atomic E-state index is -3.26. The van der Waals surface area contributed by atoms with Crippen molar-refractivity contribution < 1.29 is 12.8 Å². The fourth-order valence-corrected chi connectivity index (χ4v) is 2.89. The average Bonchev–Trinajstić information content (AvgIpc) is 2.79. The van der Waals surface area contributed by atoms with Crippen LogP contribution in [0.2, 0.25) is 0 Å².